The maximum atomic E-state index is 9.33. The van der Waals surface area contributed by atoms with Crippen LogP contribution in [0.3, 0.4) is 0 Å². The van der Waals surface area contributed by atoms with Crippen molar-refractivity contribution in [3.05, 3.63) is 59.7 Å². The van der Waals surface area contributed by atoms with E-state index in [9.17, 15) is 5.11 Å². The Bertz CT molecular complexity index is 530. The number of aromatic hydroxyl groups is 1. The first-order valence-electron chi connectivity index (χ1n) is 7.58. The Balaban J connectivity index is 0.000000728. The van der Waals surface area contributed by atoms with E-state index >= 15 is 0 Å². The first kappa shape index (κ1) is 20.9. The van der Waals surface area contributed by atoms with Crippen molar-refractivity contribution in [2.24, 2.45) is 17.2 Å². The number of hydrogen-bond acceptors (Lipinski definition) is 5. The largest absolute Gasteiger partial charge is 0.508 e. The van der Waals surface area contributed by atoms with Gasteiger partial charge in [0, 0.05) is 11.5 Å². The van der Waals surface area contributed by atoms with Crippen LogP contribution in [0.4, 0.5) is 0 Å². The maximum absolute atomic E-state index is 9.33. The van der Waals surface area contributed by atoms with Gasteiger partial charge in [-0.3, -0.25) is 0 Å². The molecule has 0 saturated heterocycles. The van der Waals surface area contributed by atoms with Crippen LogP contribution in [0.2, 0.25) is 0 Å². The second-order valence-electron chi connectivity index (χ2n) is 4.32. The minimum atomic E-state index is 0.314. The molecule has 0 amide bonds. The molecule has 1 unspecified atom stereocenters. The fourth-order valence-electron chi connectivity index (χ4n) is 2.39. The van der Waals surface area contributed by atoms with Gasteiger partial charge in [0.2, 0.25) is 0 Å². The quantitative estimate of drug-likeness (QED) is 0.643. The minimum absolute atomic E-state index is 0.314. The fourth-order valence-corrected chi connectivity index (χ4v) is 2.39. The van der Waals surface area contributed by atoms with Crippen LogP contribution in [0.25, 0.3) is 0 Å². The lowest BCUT2D eigenvalue weighted by Crippen LogP contribution is -2.14. The van der Waals surface area contributed by atoms with Crippen LogP contribution in [0, 0.1) is 0 Å². The molecule has 1 atom stereocenters. The second kappa shape index (κ2) is 12.5. The molecule has 1 aliphatic rings. The lowest BCUT2D eigenvalue weighted by atomic mass is 9.87. The highest BCUT2D eigenvalue weighted by Crippen LogP contribution is 2.38. The van der Waals surface area contributed by atoms with Gasteiger partial charge < -0.3 is 27.0 Å². The normalized spacial score (nSPS) is 14.3. The summed E-state index contributed by atoms with van der Waals surface area (Å²) in [7, 11) is 4.50. The number of ether oxygens (including phenoxy) is 1. The van der Waals surface area contributed by atoms with E-state index in [2.05, 4.69) is 23.3 Å². The molecule has 2 aromatic carbocycles. The summed E-state index contributed by atoms with van der Waals surface area (Å²) in [5, 5.41) is 9.33. The van der Waals surface area contributed by atoms with Crippen LogP contribution in [0.1, 0.15) is 23.5 Å². The second-order valence-corrected chi connectivity index (χ2v) is 4.32. The zero-order valence-corrected chi connectivity index (χ0v) is 14.2. The van der Waals surface area contributed by atoms with Gasteiger partial charge in [0.05, 0.1) is 6.61 Å². The first-order valence-corrected chi connectivity index (χ1v) is 7.58. The van der Waals surface area contributed by atoms with E-state index in [4.69, 9.17) is 4.74 Å². The van der Waals surface area contributed by atoms with Crippen molar-refractivity contribution >= 4 is 0 Å². The van der Waals surface area contributed by atoms with E-state index in [1.54, 1.807) is 12.1 Å². The van der Waals surface area contributed by atoms with Crippen molar-refractivity contribution < 1.29 is 9.84 Å². The van der Waals surface area contributed by atoms with E-state index in [1.165, 1.54) is 32.3 Å². The van der Waals surface area contributed by atoms with Crippen LogP contribution < -0.4 is 21.9 Å². The van der Waals surface area contributed by atoms with E-state index in [1.807, 2.05) is 30.3 Å². The Morgan fingerprint density at radius 3 is 2.04 bits per heavy atom. The van der Waals surface area contributed by atoms with Crippen molar-refractivity contribution in [1.29, 1.82) is 0 Å². The summed E-state index contributed by atoms with van der Waals surface area (Å²) in [6.45, 7) is 0.753. The molecule has 0 fully saturated rings. The zero-order chi connectivity index (χ0) is 17.7. The number of phenolic OH excluding ortho intramolecular Hbond substituents is 1. The molecule has 7 N–H and O–H groups in total. The number of rotatable bonds is 1. The van der Waals surface area contributed by atoms with Crippen molar-refractivity contribution in [2.45, 2.75) is 12.3 Å². The fraction of sp³-hybridized carbons (Fsp3) is 0.333. The third-order valence-corrected chi connectivity index (χ3v) is 3.25. The van der Waals surface area contributed by atoms with E-state index in [-0.39, 0.29) is 0 Å². The topological polar surface area (TPSA) is 108 Å². The number of nitrogens with two attached hydrogens (primary N) is 3. The van der Waals surface area contributed by atoms with Crippen LogP contribution in [0.5, 0.6) is 11.5 Å². The number of fused-ring (bicyclic) bond motifs is 1. The number of para-hydroxylation sites is 1. The van der Waals surface area contributed by atoms with Gasteiger partial charge in [0.1, 0.15) is 11.5 Å². The Labute approximate surface area is 139 Å². The summed E-state index contributed by atoms with van der Waals surface area (Å²) >= 11 is 0. The van der Waals surface area contributed by atoms with E-state index in [0.29, 0.717) is 11.7 Å². The number of phenols is 1. The molecule has 128 valence electrons. The SMILES string of the molecule is CN.CN.CN.Oc1ccc(C2CCOc3ccccc32)cc1. The van der Waals surface area contributed by atoms with Gasteiger partial charge in [-0.25, -0.2) is 0 Å². The van der Waals surface area contributed by atoms with Gasteiger partial charge >= 0.3 is 0 Å². The molecule has 0 saturated carbocycles. The molecule has 5 heteroatoms. The molecule has 0 aliphatic carbocycles. The predicted molar refractivity (Wildman–Crippen MR) is 96.8 cm³/mol. The molecule has 0 bridgehead atoms. The van der Waals surface area contributed by atoms with Crippen LogP contribution in [0.15, 0.2) is 48.5 Å². The van der Waals surface area contributed by atoms with Gasteiger partial charge in [-0.2, -0.15) is 0 Å². The Morgan fingerprint density at radius 1 is 0.870 bits per heavy atom. The minimum Gasteiger partial charge on any atom is -0.508 e. The molecule has 2 aromatic rings. The van der Waals surface area contributed by atoms with Crippen molar-refractivity contribution in [1.82, 2.24) is 0 Å². The molecule has 1 heterocycles. The predicted octanol–water partition coefficient (Wildman–Crippen LogP) is 2.03. The highest BCUT2D eigenvalue weighted by atomic mass is 16.5. The van der Waals surface area contributed by atoms with Crippen LogP contribution in [-0.4, -0.2) is 32.9 Å². The summed E-state index contributed by atoms with van der Waals surface area (Å²) in [6, 6.07) is 15.6. The summed E-state index contributed by atoms with van der Waals surface area (Å²) < 4.78 is 5.65. The van der Waals surface area contributed by atoms with E-state index < -0.39 is 0 Å². The molecule has 0 aromatic heterocycles. The van der Waals surface area contributed by atoms with Crippen LogP contribution in [-0.2, 0) is 0 Å². The van der Waals surface area contributed by atoms with Crippen LogP contribution >= 0.6 is 0 Å². The lowest BCUT2D eigenvalue weighted by molar-refractivity contribution is 0.277. The van der Waals surface area contributed by atoms with Gasteiger partial charge in [-0.15, -0.1) is 0 Å². The molecule has 0 spiro atoms. The van der Waals surface area contributed by atoms with Crippen molar-refractivity contribution in [3.8, 4) is 11.5 Å². The molecule has 23 heavy (non-hydrogen) atoms. The summed E-state index contributed by atoms with van der Waals surface area (Å²) in [5.74, 6) is 1.67. The summed E-state index contributed by atoms with van der Waals surface area (Å²) in [5.41, 5.74) is 16.0. The maximum Gasteiger partial charge on any atom is 0.123 e. The van der Waals surface area contributed by atoms with E-state index in [0.717, 1.165) is 18.8 Å². The van der Waals surface area contributed by atoms with Gasteiger partial charge in [0.25, 0.3) is 0 Å². The van der Waals surface area contributed by atoms with Gasteiger partial charge in [0.15, 0.2) is 0 Å². The standard InChI is InChI=1S/C15H14O2.3CH5N/c16-12-7-5-11(6-8-12)13-9-10-17-15-4-2-1-3-14(13)15;3*1-2/h1-8,13,16H,9-10H2;3*2H2,1H3. The Morgan fingerprint density at radius 2 is 1.43 bits per heavy atom. The third kappa shape index (κ3) is 5.90. The molecule has 3 rings (SSSR count). The first-order chi connectivity index (χ1) is 11.3. The smallest absolute Gasteiger partial charge is 0.123 e. The van der Waals surface area contributed by atoms with Crippen molar-refractivity contribution in [2.75, 3.05) is 27.7 Å². The molecule has 5 nitrogen and oxygen atoms in total. The average molecular weight is 319 g/mol. The number of benzene rings is 2. The Hall–Kier alpha value is -2.08. The number of hydrogen-bond donors (Lipinski definition) is 4. The van der Waals surface area contributed by atoms with Gasteiger partial charge in [-0.1, -0.05) is 30.3 Å². The Kier molecular flexibility index (Phi) is 11.3. The molecule has 0 radical (unpaired) electrons. The summed E-state index contributed by atoms with van der Waals surface area (Å²) in [4.78, 5) is 0. The third-order valence-electron chi connectivity index (χ3n) is 3.25. The lowest BCUT2D eigenvalue weighted by Gasteiger charge is -2.26. The van der Waals surface area contributed by atoms with Crippen molar-refractivity contribution in [3.63, 3.8) is 0 Å². The monoisotopic (exact) mass is 319 g/mol. The molecule has 1 aliphatic heterocycles. The molecular formula is C18H29N3O2. The average Bonchev–Trinajstić information content (AvgIpc) is 2.67. The summed E-state index contributed by atoms with van der Waals surface area (Å²) in [6.07, 6.45) is 0.988. The van der Waals surface area contributed by atoms with Gasteiger partial charge in [-0.05, 0) is 51.3 Å². The molecular weight excluding hydrogens is 290 g/mol. The highest BCUT2D eigenvalue weighted by molar-refractivity contribution is 5.44. The highest BCUT2D eigenvalue weighted by Gasteiger charge is 2.22. The zero-order valence-electron chi connectivity index (χ0n) is 14.2.